The molecule has 0 bridgehead atoms. The van der Waals surface area contributed by atoms with Crippen molar-refractivity contribution < 1.29 is 9.50 Å². The van der Waals surface area contributed by atoms with Crippen LogP contribution in [0.3, 0.4) is 0 Å². The topological polar surface area (TPSA) is 61.3 Å². The van der Waals surface area contributed by atoms with Crippen molar-refractivity contribution in [2.24, 2.45) is 0 Å². The van der Waals surface area contributed by atoms with Gasteiger partial charge in [-0.1, -0.05) is 6.07 Å². The molecule has 5 nitrogen and oxygen atoms in total. The Morgan fingerprint density at radius 2 is 1.83 bits per heavy atom. The zero-order valence-electron chi connectivity index (χ0n) is 16.6. The summed E-state index contributed by atoms with van der Waals surface area (Å²) in [5.41, 5.74) is 5.03. The summed E-state index contributed by atoms with van der Waals surface area (Å²) in [6.45, 7) is 6.95. The Morgan fingerprint density at radius 3 is 2.55 bits per heavy atom. The van der Waals surface area contributed by atoms with E-state index in [9.17, 15) is 9.50 Å². The summed E-state index contributed by atoms with van der Waals surface area (Å²) in [5.74, 6) is 1.36. The molecule has 0 fully saturated rings. The number of hydrogen-bond donors (Lipinski definition) is 2. The van der Waals surface area contributed by atoms with Gasteiger partial charge in [0.05, 0.1) is 6.04 Å². The number of phenols is 1. The van der Waals surface area contributed by atoms with Crippen molar-refractivity contribution in [3.05, 3.63) is 70.7 Å². The van der Waals surface area contributed by atoms with E-state index in [4.69, 9.17) is 4.98 Å². The van der Waals surface area contributed by atoms with Gasteiger partial charge in [0.1, 0.15) is 17.4 Å². The van der Waals surface area contributed by atoms with Gasteiger partial charge in [-0.25, -0.2) is 9.37 Å². The SMILES string of the molecule is Cc1nc(Nc2ccc(F)cc2)nc(N2CCc3ccc(O)cc3C2C)c1C.Cl. The highest BCUT2D eigenvalue weighted by atomic mass is 35.5. The third-order valence-electron chi connectivity index (χ3n) is 5.41. The number of anilines is 3. The Bertz CT molecular complexity index is 1030. The molecule has 1 atom stereocenters. The molecule has 1 aliphatic rings. The molecule has 29 heavy (non-hydrogen) atoms. The standard InChI is InChI=1S/C22H23FN4O.ClH/c1-13-14(2)24-22(25-18-7-5-17(23)6-8-18)26-21(13)27-11-10-16-4-9-19(28)12-20(16)15(27)3;/h4-9,12,15,28H,10-11H2,1-3H3,(H,24,25,26);1H. The fraction of sp³-hybridized carbons (Fsp3) is 0.273. The fourth-order valence-electron chi connectivity index (χ4n) is 3.70. The molecule has 1 unspecified atom stereocenters. The highest BCUT2D eigenvalue weighted by Crippen LogP contribution is 2.36. The van der Waals surface area contributed by atoms with Gasteiger partial charge in [0.2, 0.25) is 5.95 Å². The predicted molar refractivity (Wildman–Crippen MR) is 116 cm³/mol. The summed E-state index contributed by atoms with van der Waals surface area (Å²) >= 11 is 0. The number of fused-ring (bicyclic) bond motifs is 1. The van der Waals surface area contributed by atoms with Crippen LogP contribution in [0.2, 0.25) is 0 Å². The van der Waals surface area contributed by atoms with Crippen molar-refractivity contribution >= 4 is 29.9 Å². The van der Waals surface area contributed by atoms with Gasteiger partial charge in [0, 0.05) is 23.5 Å². The predicted octanol–water partition coefficient (Wildman–Crippen LogP) is 5.23. The lowest BCUT2D eigenvalue weighted by Crippen LogP contribution is -2.35. The fourth-order valence-corrected chi connectivity index (χ4v) is 3.70. The number of rotatable bonds is 3. The summed E-state index contributed by atoms with van der Waals surface area (Å²) < 4.78 is 13.2. The molecule has 7 heteroatoms. The Kier molecular flexibility index (Phi) is 5.94. The van der Waals surface area contributed by atoms with Crippen molar-refractivity contribution in [3.63, 3.8) is 0 Å². The molecule has 0 saturated heterocycles. The summed E-state index contributed by atoms with van der Waals surface area (Å²) in [4.78, 5) is 11.6. The molecular formula is C22H24ClFN4O. The van der Waals surface area contributed by atoms with Crippen LogP contribution in [-0.4, -0.2) is 21.6 Å². The van der Waals surface area contributed by atoms with Gasteiger partial charge in [0.15, 0.2) is 0 Å². The Hall–Kier alpha value is -2.86. The largest absolute Gasteiger partial charge is 0.508 e. The highest BCUT2D eigenvalue weighted by Gasteiger charge is 2.27. The van der Waals surface area contributed by atoms with Gasteiger partial charge in [0.25, 0.3) is 0 Å². The lowest BCUT2D eigenvalue weighted by molar-refractivity contribution is 0.472. The molecule has 1 aliphatic heterocycles. The number of aromatic nitrogens is 2. The lowest BCUT2D eigenvalue weighted by Gasteiger charge is -2.37. The summed E-state index contributed by atoms with van der Waals surface area (Å²) in [7, 11) is 0. The number of aryl methyl sites for hydroxylation is 1. The van der Waals surface area contributed by atoms with Crippen LogP contribution in [0, 0.1) is 19.7 Å². The molecule has 0 saturated carbocycles. The molecule has 4 rings (SSSR count). The van der Waals surface area contributed by atoms with E-state index in [0.29, 0.717) is 5.95 Å². The molecule has 0 aliphatic carbocycles. The molecular weight excluding hydrogens is 391 g/mol. The molecule has 0 spiro atoms. The number of aromatic hydroxyl groups is 1. The summed E-state index contributed by atoms with van der Waals surface area (Å²) in [6.07, 6.45) is 0.892. The van der Waals surface area contributed by atoms with Crippen molar-refractivity contribution in [1.29, 1.82) is 0 Å². The van der Waals surface area contributed by atoms with Crippen LogP contribution >= 0.6 is 12.4 Å². The minimum atomic E-state index is -0.281. The second kappa shape index (κ2) is 8.25. The van der Waals surface area contributed by atoms with E-state index < -0.39 is 0 Å². The van der Waals surface area contributed by atoms with E-state index in [1.54, 1.807) is 18.2 Å². The lowest BCUT2D eigenvalue weighted by atomic mass is 9.93. The first kappa shape index (κ1) is 20.9. The zero-order valence-corrected chi connectivity index (χ0v) is 17.4. The quantitative estimate of drug-likeness (QED) is 0.614. The number of benzene rings is 2. The maximum atomic E-state index is 13.2. The average molecular weight is 415 g/mol. The minimum Gasteiger partial charge on any atom is -0.508 e. The number of nitrogens with zero attached hydrogens (tertiary/aromatic N) is 3. The monoisotopic (exact) mass is 414 g/mol. The summed E-state index contributed by atoms with van der Waals surface area (Å²) in [6, 6.07) is 11.8. The smallest absolute Gasteiger partial charge is 0.229 e. The molecule has 1 aromatic heterocycles. The van der Waals surface area contributed by atoms with E-state index in [1.165, 1.54) is 17.7 Å². The Labute approximate surface area is 176 Å². The van der Waals surface area contributed by atoms with E-state index in [2.05, 4.69) is 22.1 Å². The average Bonchev–Trinajstić information content (AvgIpc) is 2.67. The normalized spacial score (nSPS) is 15.4. The molecule has 2 aromatic carbocycles. The Morgan fingerprint density at radius 1 is 1.10 bits per heavy atom. The summed E-state index contributed by atoms with van der Waals surface area (Å²) in [5, 5.41) is 13.1. The van der Waals surface area contributed by atoms with Gasteiger partial charge in [-0.05, 0) is 74.7 Å². The minimum absolute atomic E-state index is 0. The van der Waals surface area contributed by atoms with E-state index in [1.807, 2.05) is 26.0 Å². The van der Waals surface area contributed by atoms with Crippen LogP contribution in [-0.2, 0) is 6.42 Å². The zero-order chi connectivity index (χ0) is 19.8. The third kappa shape index (κ3) is 4.12. The second-order valence-corrected chi connectivity index (χ2v) is 7.22. The number of nitrogens with one attached hydrogen (secondary N) is 1. The highest BCUT2D eigenvalue weighted by molar-refractivity contribution is 5.85. The van der Waals surface area contributed by atoms with Crippen LogP contribution in [0.5, 0.6) is 5.75 Å². The first-order valence-electron chi connectivity index (χ1n) is 9.38. The number of phenolic OH excluding ortho intramolecular Hbond substituents is 1. The Balaban J connectivity index is 0.00000240. The maximum Gasteiger partial charge on any atom is 0.229 e. The number of hydrogen-bond acceptors (Lipinski definition) is 5. The van der Waals surface area contributed by atoms with Crippen molar-refractivity contribution in [1.82, 2.24) is 9.97 Å². The van der Waals surface area contributed by atoms with Crippen molar-refractivity contribution in [3.8, 4) is 5.75 Å². The molecule has 0 amide bonds. The van der Waals surface area contributed by atoms with E-state index in [-0.39, 0.29) is 30.0 Å². The van der Waals surface area contributed by atoms with Crippen molar-refractivity contribution in [2.45, 2.75) is 33.2 Å². The van der Waals surface area contributed by atoms with E-state index in [0.717, 1.165) is 41.3 Å². The first-order chi connectivity index (χ1) is 13.4. The number of halogens is 2. The molecule has 2 heterocycles. The molecule has 0 radical (unpaired) electrons. The van der Waals surface area contributed by atoms with Crippen LogP contribution < -0.4 is 10.2 Å². The van der Waals surface area contributed by atoms with Crippen molar-refractivity contribution in [2.75, 3.05) is 16.8 Å². The van der Waals surface area contributed by atoms with Gasteiger partial charge >= 0.3 is 0 Å². The van der Waals surface area contributed by atoms with E-state index >= 15 is 0 Å². The van der Waals surface area contributed by atoms with Gasteiger partial charge in [-0.15, -0.1) is 12.4 Å². The van der Waals surface area contributed by atoms with Crippen LogP contribution in [0.4, 0.5) is 21.8 Å². The van der Waals surface area contributed by atoms with Crippen LogP contribution in [0.25, 0.3) is 0 Å². The molecule has 2 N–H and O–H groups in total. The second-order valence-electron chi connectivity index (χ2n) is 7.22. The van der Waals surface area contributed by atoms with Gasteiger partial charge in [-0.2, -0.15) is 4.98 Å². The molecule has 3 aromatic rings. The third-order valence-corrected chi connectivity index (χ3v) is 5.41. The first-order valence-corrected chi connectivity index (χ1v) is 9.38. The van der Waals surface area contributed by atoms with Crippen LogP contribution in [0.15, 0.2) is 42.5 Å². The van der Waals surface area contributed by atoms with Crippen LogP contribution in [0.1, 0.15) is 35.3 Å². The maximum absolute atomic E-state index is 13.2. The van der Waals surface area contributed by atoms with Gasteiger partial charge < -0.3 is 15.3 Å². The van der Waals surface area contributed by atoms with Gasteiger partial charge in [-0.3, -0.25) is 0 Å². The molecule has 152 valence electrons.